The number of hydrogen-bond acceptors (Lipinski definition) is 5. The Hall–Kier alpha value is -3.06. The zero-order valence-corrected chi connectivity index (χ0v) is 19.2. The van der Waals surface area contributed by atoms with Gasteiger partial charge in [0.15, 0.2) is 17.1 Å². The molecule has 1 N–H and O–H groups in total. The van der Waals surface area contributed by atoms with Crippen LogP contribution >= 0.6 is 11.8 Å². The Bertz CT molecular complexity index is 1060. The second-order valence-corrected chi connectivity index (χ2v) is 8.41. The van der Waals surface area contributed by atoms with Crippen molar-refractivity contribution in [1.29, 1.82) is 0 Å². The highest BCUT2D eigenvalue weighted by atomic mass is 32.2. The van der Waals surface area contributed by atoms with Gasteiger partial charge in [-0.2, -0.15) is 0 Å². The predicted molar refractivity (Wildman–Crippen MR) is 126 cm³/mol. The van der Waals surface area contributed by atoms with Crippen LogP contribution in [0.5, 0.6) is 5.75 Å². The number of benzene rings is 2. The van der Waals surface area contributed by atoms with Gasteiger partial charge in [0.2, 0.25) is 5.91 Å². The lowest BCUT2D eigenvalue weighted by atomic mass is 10.1. The molecule has 7 heteroatoms. The second kappa shape index (κ2) is 10.3. The van der Waals surface area contributed by atoms with E-state index in [1.807, 2.05) is 74.7 Å². The molecule has 0 saturated heterocycles. The van der Waals surface area contributed by atoms with Crippen molar-refractivity contribution >= 4 is 23.4 Å². The second-order valence-electron chi connectivity index (χ2n) is 7.47. The van der Waals surface area contributed by atoms with Gasteiger partial charge in [-0.1, -0.05) is 47.7 Å². The smallest absolute Gasteiger partial charge is 0.234 e. The molecule has 0 saturated carbocycles. The van der Waals surface area contributed by atoms with Crippen LogP contribution < -0.4 is 10.1 Å². The SMILES string of the molecule is C=CCn1c(SCC(=O)Nc2cc(C)ccc2C)nnc1C(C)Oc1ccc(C)cc1. The molecule has 0 aliphatic rings. The normalized spacial score (nSPS) is 11.7. The Labute approximate surface area is 187 Å². The molecule has 3 aromatic rings. The number of nitrogens with zero attached hydrogens (tertiary/aromatic N) is 3. The van der Waals surface area contributed by atoms with Gasteiger partial charge in [-0.15, -0.1) is 16.8 Å². The molecule has 162 valence electrons. The molecule has 0 aliphatic heterocycles. The molecule has 1 unspecified atom stereocenters. The molecule has 1 amide bonds. The molecule has 31 heavy (non-hydrogen) atoms. The van der Waals surface area contributed by atoms with Crippen LogP contribution in [-0.2, 0) is 11.3 Å². The topological polar surface area (TPSA) is 69.0 Å². The summed E-state index contributed by atoms with van der Waals surface area (Å²) in [7, 11) is 0. The van der Waals surface area contributed by atoms with E-state index in [4.69, 9.17) is 4.74 Å². The molecule has 3 rings (SSSR count). The summed E-state index contributed by atoms with van der Waals surface area (Å²) < 4.78 is 7.97. The summed E-state index contributed by atoms with van der Waals surface area (Å²) in [6.45, 7) is 12.3. The monoisotopic (exact) mass is 436 g/mol. The third-order valence-electron chi connectivity index (χ3n) is 4.75. The first-order chi connectivity index (χ1) is 14.9. The Morgan fingerprint density at radius 2 is 1.87 bits per heavy atom. The fourth-order valence-corrected chi connectivity index (χ4v) is 3.82. The molecule has 0 fully saturated rings. The van der Waals surface area contributed by atoms with E-state index in [1.165, 1.54) is 17.3 Å². The van der Waals surface area contributed by atoms with Crippen molar-refractivity contribution in [2.75, 3.05) is 11.1 Å². The highest BCUT2D eigenvalue weighted by Gasteiger charge is 2.20. The number of hydrogen-bond donors (Lipinski definition) is 1. The summed E-state index contributed by atoms with van der Waals surface area (Å²) >= 11 is 1.34. The van der Waals surface area contributed by atoms with Crippen LogP contribution in [0.25, 0.3) is 0 Å². The average Bonchev–Trinajstić information content (AvgIpc) is 3.14. The number of aromatic nitrogens is 3. The van der Waals surface area contributed by atoms with Gasteiger partial charge < -0.3 is 10.1 Å². The molecule has 1 atom stereocenters. The van der Waals surface area contributed by atoms with Gasteiger partial charge >= 0.3 is 0 Å². The van der Waals surface area contributed by atoms with Crippen LogP contribution in [0.2, 0.25) is 0 Å². The number of carbonyl (C=O) groups excluding carboxylic acids is 1. The molecule has 0 radical (unpaired) electrons. The van der Waals surface area contributed by atoms with Crippen LogP contribution in [0.3, 0.4) is 0 Å². The minimum atomic E-state index is -0.298. The molecule has 0 aliphatic carbocycles. The molecule has 6 nitrogen and oxygen atoms in total. The number of allylic oxidation sites excluding steroid dienone is 1. The van der Waals surface area contributed by atoms with Crippen LogP contribution in [0.15, 0.2) is 60.3 Å². The molecular formula is C24H28N4O2S. The zero-order valence-electron chi connectivity index (χ0n) is 18.4. The molecule has 1 aromatic heterocycles. The van der Waals surface area contributed by atoms with Crippen molar-refractivity contribution in [3.05, 3.63) is 77.6 Å². The molecule has 0 spiro atoms. The summed E-state index contributed by atoms with van der Waals surface area (Å²) in [6.07, 6.45) is 1.49. The highest BCUT2D eigenvalue weighted by molar-refractivity contribution is 7.99. The van der Waals surface area contributed by atoms with E-state index in [0.29, 0.717) is 17.5 Å². The first kappa shape index (κ1) is 22.6. The predicted octanol–water partition coefficient (Wildman–Crippen LogP) is 5.26. The number of nitrogens with one attached hydrogen (secondary N) is 1. The van der Waals surface area contributed by atoms with Crippen LogP contribution in [0.1, 0.15) is 35.5 Å². The number of rotatable bonds is 9. The van der Waals surface area contributed by atoms with Crippen LogP contribution in [-0.4, -0.2) is 26.4 Å². The summed E-state index contributed by atoms with van der Waals surface area (Å²) in [4.78, 5) is 12.5. The van der Waals surface area contributed by atoms with Crippen molar-refractivity contribution in [3.8, 4) is 5.75 Å². The van der Waals surface area contributed by atoms with E-state index >= 15 is 0 Å². The molecule has 2 aromatic carbocycles. The Kier molecular flexibility index (Phi) is 7.52. The van der Waals surface area contributed by atoms with E-state index < -0.39 is 0 Å². The number of ether oxygens (including phenoxy) is 1. The zero-order chi connectivity index (χ0) is 22.4. The summed E-state index contributed by atoms with van der Waals surface area (Å²) in [6, 6.07) is 13.9. The maximum Gasteiger partial charge on any atom is 0.234 e. The van der Waals surface area contributed by atoms with Gasteiger partial charge in [0.25, 0.3) is 0 Å². The number of amides is 1. The molecular weight excluding hydrogens is 408 g/mol. The number of carbonyl (C=O) groups is 1. The van der Waals surface area contributed by atoms with Gasteiger partial charge in [-0.25, -0.2) is 0 Å². The van der Waals surface area contributed by atoms with E-state index in [1.54, 1.807) is 6.08 Å². The largest absolute Gasteiger partial charge is 0.483 e. The van der Waals surface area contributed by atoms with Gasteiger partial charge in [-0.3, -0.25) is 9.36 Å². The lowest BCUT2D eigenvalue weighted by Crippen LogP contribution is -2.16. The first-order valence-electron chi connectivity index (χ1n) is 10.1. The first-order valence-corrected chi connectivity index (χ1v) is 11.1. The Balaban J connectivity index is 1.68. The van der Waals surface area contributed by atoms with E-state index in [-0.39, 0.29) is 17.8 Å². The summed E-state index contributed by atoms with van der Waals surface area (Å²) in [5.41, 5.74) is 4.14. The average molecular weight is 437 g/mol. The van der Waals surface area contributed by atoms with Gasteiger partial charge in [0.05, 0.1) is 5.75 Å². The van der Waals surface area contributed by atoms with Crippen LogP contribution in [0, 0.1) is 20.8 Å². The van der Waals surface area contributed by atoms with E-state index in [9.17, 15) is 4.79 Å². The standard InChI is InChI=1S/C24H28N4O2S/c1-6-13-28-23(19(5)30-20-11-8-16(2)9-12-20)26-27-24(28)31-15-22(29)25-21-14-17(3)7-10-18(21)4/h6-12,14,19H,1,13,15H2,2-5H3,(H,25,29). The fraction of sp³-hybridized carbons (Fsp3) is 0.292. The highest BCUT2D eigenvalue weighted by Crippen LogP contribution is 2.25. The van der Waals surface area contributed by atoms with Crippen molar-refractivity contribution < 1.29 is 9.53 Å². The summed E-state index contributed by atoms with van der Waals surface area (Å²) in [5, 5.41) is 12.2. The van der Waals surface area contributed by atoms with Crippen molar-refractivity contribution in [1.82, 2.24) is 14.8 Å². The van der Waals surface area contributed by atoms with Crippen molar-refractivity contribution in [2.45, 2.75) is 45.5 Å². The third kappa shape index (κ3) is 5.98. The Morgan fingerprint density at radius 3 is 2.58 bits per heavy atom. The minimum absolute atomic E-state index is 0.0858. The molecule has 1 heterocycles. The van der Waals surface area contributed by atoms with Crippen LogP contribution in [0.4, 0.5) is 5.69 Å². The maximum absolute atomic E-state index is 12.5. The van der Waals surface area contributed by atoms with Gasteiger partial charge in [0, 0.05) is 12.2 Å². The number of anilines is 1. The lowest BCUT2D eigenvalue weighted by molar-refractivity contribution is -0.113. The fourth-order valence-electron chi connectivity index (χ4n) is 3.07. The lowest BCUT2D eigenvalue weighted by Gasteiger charge is -2.16. The quantitative estimate of drug-likeness (QED) is 0.366. The van der Waals surface area contributed by atoms with Crippen molar-refractivity contribution in [3.63, 3.8) is 0 Å². The minimum Gasteiger partial charge on any atom is -0.483 e. The van der Waals surface area contributed by atoms with Gasteiger partial charge in [-0.05, 0) is 57.0 Å². The van der Waals surface area contributed by atoms with Gasteiger partial charge in [0.1, 0.15) is 5.75 Å². The molecule has 0 bridgehead atoms. The number of aryl methyl sites for hydroxylation is 3. The summed E-state index contributed by atoms with van der Waals surface area (Å²) in [5.74, 6) is 1.61. The maximum atomic E-state index is 12.5. The van der Waals surface area contributed by atoms with E-state index in [0.717, 1.165) is 22.6 Å². The van der Waals surface area contributed by atoms with E-state index in [2.05, 4.69) is 22.1 Å². The number of thioether (sulfide) groups is 1. The third-order valence-corrected chi connectivity index (χ3v) is 5.72. The van der Waals surface area contributed by atoms with Crippen molar-refractivity contribution in [2.24, 2.45) is 0 Å². The Morgan fingerprint density at radius 1 is 1.16 bits per heavy atom.